The highest BCUT2D eigenvalue weighted by Crippen LogP contribution is 2.37. The predicted octanol–water partition coefficient (Wildman–Crippen LogP) is 3.01. The maximum atomic E-state index is 13.8. The Balaban J connectivity index is 2.15. The molecule has 0 aliphatic carbocycles. The number of benzene rings is 2. The van der Waals surface area contributed by atoms with Crippen LogP contribution >= 0.6 is 0 Å². The average Bonchev–Trinajstić information content (AvgIpc) is 2.61. The third-order valence-corrected chi connectivity index (χ3v) is 5.92. The molecule has 25 heavy (non-hydrogen) atoms. The van der Waals surface area contributed by atoms with E-state index in [-0.39, 0.29) is 10.6 Å². The number of hydrogen-bond acceptors (Lipinski definition) is 4. The van der Waals surface area contributed by atoms with Crippen molar-refractivity contribution in [3.63, 3.8) is 0 Å². The van der Waals surface area contributed by atoms with Gasteiger partial charge in [-0.1, -0.05) is 12.1 Å². The SMILES string of the molecule is O=S(=O)(c1cccc(F)c1)c1cccc(N2CCNCC2)c1C(F)F. The van der Waals surface area contributed by atoms with E-state index in [0.29, 0.717) is 26.2 Å². The van der Waals surface area contributed by atoms with E-state index in [0.717, 1.165) is 18.2 Å². The van der Waals surface area contributed by atoms with Crippen LogP contribution in [0.25, 0.3) is 0 Å². The van der Waals surface area contributed by atoms with Gasteiger partial charge in [-0.2, -0.15) is 0 Å². The van der Waals surface area contributed by atoms with E-state index in [1.807, 2.05) is 0 Å². The standard InChI is InChI=1S/C17H17F3N2O2S/c18-12-3-1-4-13(11-12)25(23,24)15-6-2-5-14(16(15)17(19)20)22-9-7-21-8-10-22/h1-6,11,17,21H,7-10H2. The molecule has 134 valence electrons. The Kier molecular flexibility index (Phi) is 5.01. The molecule has 1 aliphatic rings. The molecule has 2 aromatic carbocycles. The summed E-state index contributed by atoms with van der Waals surface area (Å²) in [7, 11) is -4.26. The summed E-state index contributed by atoms with van der Waals surface area (Å²) in [5.74, 6) is -0.738. The number of halogens is 3. The van der Waals surface area contributed by atoms with Crippen LogP contribution < -0.4 is 10.2 Å². The average molecular weight is 370 g/mol. The van der Waals surface area contributed by atoms with Crippen LogP contribution in [0.5, 0.6) is 0 Å². The van der Waals surface area contributed by atoms with Crippen molar-refractivity contribution >= 4 is 15.5 Å². The van der Waals surface area contributed by atoms with Crippen LogP contribution in [0.3, 0.4) is 0 Å². The number of alkyl halides is 2. The van der Waals surface area contributed by atoms with Crippen molar-refractivity contribution in [1.82, 2.24) is 5.32 Å². The molecule has 4 nitrogen and oxygen atoms in total. The largest absolute Gasteiger partial charge is 0.369 e. The zero-order valence-corrected chi connectivity index (χ0v) is 14.1. The Bertz CT molecular complexity index is 866. The van der Waals surface area contributed by atoms with Crippen LogP contribution in [0.2, 0.25) is 0 Å². The van der Waals surface area contributed by atoms with E-state index < -0.39 is 32.5 Å². The fourth-order valence-corrected chi connectivity index (χ4v) is 4.45. The Morgan fingerprint density at radius 2 is 1.72 bits per heavy atom. The molecule has 1 N–H and O–H groups in total. The van der Waals surface area contributed by atoms with Crippen molar-refractivity contribution in [3.8, 4) is 0 Å². The Morgan fingerprint density at radius 1 is 1.04 bits per heavy atom. The van der Waals surface area contributed by atoms with Gasteiger partial charge in [-0.05, 0) is 30.3 Å². The van der Waals surface area contributed by atoms with Crippen LogP contribution in [-0.4, -0.2) is 34.6 Å². The molecule has 1 heterocycles. The van der Waals surface area contributed by atoms with Gasteiger partial charge in [0.2, 0.25) is 9.84 Å². The zero-order chi connectivity index (χ0) is 18.0. The number of sulfone groups is 1. The van der Waals surface area contributed by atoms with Crippen molar-refractivity contribution in [2.24, 2.45) is 0 Å². The summed E-state index contributed by atoms with van der Waals surface area (Å²) in [5.41, 5.74) is -0.331. The number of piperazine rings is 1. The summed E-state index contributed by atoms with van der Waals surface area (Å²) in [6.45, 7) is 2.26. The number of nitrogens with zero attached hydrogens (tertiary/aromatic N) is 1. The first-order valence-electron chi connectivity index (χ1n) is 7.78. The van der Waals surface area contributed by atoms with Crippen LogP contribution in [0, 0.1) is 5.82 Å². The van der Waals surface area contributed by atoms with Crippen molar-refractivity contribution < 1.29 is 21.6 Å². The molecule has 0 spiro atoms. The minimum absolute atomic E-state index is 0.203. The molecule has 1 saturated heterocycles. The summed E-state index contributed by atoms with van der Waals surface area (Å²) >= 11 is 0. The zero-order valence-electron chi connectivity index (χ0n) is 13.3. The van der Waals surface area contributed by atoms with Gasteiger partial charge in [0.05, 0.1) is 15.4 Å². The fraction of sp³-hybridized carbons (Fsp3) is 0.294. The minimum Gasteiger partial charge on any atom is -0.369 e. The quantitative estimate of drug-likeness (QED) is 0.899. The third kappa shape index (κ3) is 3.50. The third-order valence-electron chi connectivity index (χ3n) is 4.11. The molecule has 0 unspecified atom stereocenters. The number of nitrogens with one attached hydrogen (secondary N) is 1. The molecular formula is C17H17F3N2O2S. The molecule has 2 aromatic rings. The Hall–Kier alpha value is -2.06. The monoisotopic (exact) mass is 370 g/mol. The van der Waals surface area contributed by atoms with Gasteiger partial charge < -0.3 is 10.2 Å². The number of hydrogen-bond donors (Lipinski definition) is 1. The van der Waals surface area contributed by atoms with Crippen LogP contribution in [0.15, 0.2) is 52.3 Å². The molecule has 0 radical (unpaired) electrons. The second-order valence-corrected chi connectivity index (χ2v) is 7.61. The summed E-state index contributed by atoms with van der Waals surface area (Å²) in [4.78, 5) is 0.916. The lowest BCUT2D eigenvalue weighted by atomic mass is 10.1. The maximum absolute atomic E-state index is 13.8. The smallest absolute Gasteiger partial charge is 0.267 e. The van der Waals surface area contributed by atoms with Gasteiger partial charge in [0.1, 0.15) is 5.82 Å². The minimum atomic E-state index is -4.26. The molecule has 0 aromatic heterocycles. The number of anilines is 1. The van der Waals surface area contributed by atoms with Crippen LogP contribution in [0.4, 0.5) is 18.9 Å². The molecule has 0 saturated carbocycles. The molecule has 0 atom stereocenters. The molecular weight excluding hydrogens is 353 g/mol. The summed E-state index contributed by atoms with van der Waals surface area (Å²) < 4.78 is 66.6. The topological polar surface area (TPSA) is 49.4 Å². The second kappa shape index (κ2) is 7.05. The fourth-order valence-electron chi connectivity index (χ4n) is 2.93. The van der Waals surface area contributed by atoms with E-state index >= 15 is 0 Å². The van der Waals surface area contributed by atoms with E-state index in [2.05, 4.69) is 5.32 Å². The summed E-state index contributed by atoms with van der Waals surface area (Å²) in [6.07, 6.45) is -2.97. The summed E-state index contributed by atoms with van der Waals surface area (Å²) in [6, 6.07) is 8.46. The highest BCUT2D eigenvalue weighted by Gasteiger charge is 2.30. The molecule has 0 amide bonds. The van der Waals surface area contributed by atoms with Crippen molar-refractivity contribution in [3.05, 3.63) is 53.8 Å². The van der Waals surface area contributed by atoms with Crippen LogP contribution in [0.1, 0.15) is 12.0 Å². The van der Waals surface area contributed by atoms with Gasteiger partial charge in [0.15, 0.2) is 0 Å². The van der Waals surface area contributed by atoms with Crippen molar-refractivity contribution in [1.29, 1.82) is 0 Å². The first kappa shape index (κ1) is 17.8. The van der Waals surface area contributed by atoms with E-state index in [1.165, 1.54) is 24.3 Å². The number of rotatable bonds is 4. The van der Waals surface area contributed by atoms with Gasteiger partial charge >= 0.3 is 0 Å². The lowest BCUT2D eigenvalue weighted by Gasteiger charge is -2.31. The van der Waals surface area contributed by atoms with Gasteiger partial charge in [0, 0.05) is 31.9 Å². The second-order valence-electron chi connectivity index (χ2n) is 5.69. The highest BCUT2D eigenvalue weighted by molar-refractivity contribution is 7.91. The first-order chi connectivity index (χ1) is 11.9. The first-order valence-corrected chi connectivity index (χ1v) is 9.27. The Labute approximate surface area is 144 Å². The van der Waals surface area contributed by atoms with E-state index in [4.69, 9.17) is 0 Å². The molecule has 3 rings (SSSR count). The highest BCUT2D eigenvalue weighted by atomic mass is 32.2. The summed E-state index contributed by atoms with van der Waals surface area (Å²) in [5, 5.41) is 3.12. The molecule has 0 bridgehead atoms. The Morgan fingerprint density at radius 3 is 2.36 bits per heavy atom. The van der Waals surface area contributed by atoms with Gasteiger partial charge in [-0.15, -0.1) is 0 Å². The van der Waals surface area contributed by atoms with E-state index in [9.17, 15) is 21.6 Å². The molecule has 1 aliphatic heterocycles. The van der Waals surface area contributed by atoms with Gasteiger partial charge in [-0.3, -0.25) is 0 Å². The maximum Gasteiger partial charge on any atom is 0.267 e. The molecule has 8 heteroatoms. The lowest BCUT2D eigenvalue weighted by Crippen LogP contribution is -2.44. The van der Waals surface area contributed by atoms with E-state index in [1.54, 1.807) is 4.90 Å². The lowest BCUT2D eigenvalue weighted by molar-refractivity contribution is 0.148. The molecule has 1 fully saturated rings. The van der Waals surface area contributed by atoms with Gasteiger partial charge in [-0.25, -0.2) is 21.6 Å². The predicted molar refractivity (Wildman–Crippen MR) is 88.3 cm³/mol. The van der Waals surface area contributed by atoms with Crippen LogP contribution in [-0.2, 0) is 9.84 Å². The van der Waals surface area contributed by atoms with Gasteiger partial charge in [0.25, 0.3) is 6.43 Å². The van der Waals surface area contributed by atoms with Crippen molar-refractivity contribution in [2.75, 3.05) is 31.1 Å². The van der Waals surface area contributed by atoms with Crippen molar-refractivity contribution in [2.45, 2.75) is 16.2 Å². The normalized spacial score (nSPS) is 15.6.